The first kappa shape index (κ1) is 16.9. The lowest BCUT2D eigenvalue weighted by Crippen LogP contribution is -2.37. The van der Waals surface area contributed by atoms with Crippen molar-refractivity contribution in [1.29, 1.82) is 0 Å². The van der Waals surface area contributed by atoms with E-state index in [1.54, 1.807) is 12.1 Å². The highest BCUT2D eigenvalue weighted by molar-refractivity contribution is 5.44. The van der Waals surface area contributed by atoms with E-state index in [0.29, 0.717) is 11.6 Å². The third-order valence-corrected chi connectivity index (χ3v) is 3.10. The smallest absolute Gasteiger partial charge is 0.146 e. The molecule has 0 heterocycles. The molecule has 4 heteroatoms. The second-order valence-electron chi connectivity index (χ2n) is 5.90. The second kappa shape index (κ2) is 8.93. The number of hydrogen-bond acceptors (Lipinski definition) is 3. The van der Waals surface area contributed by atoms with E-state index in [-0.39, 0.29) is 5.82 Å². The quantitative estimate of drug-likeness (QED) is 0.751. The Morgan fingerprint density at radius 1 is 1.10 bits per heavy atom. The fourth-order valence-corrected chi connectivity index (χ4v) is 2.11. The standard InChI is InChI=1S/C16H28FN3/c1-14(2)13-20(12-11-19(3)4)10-9-18-16-8-6-5-7-15(16)17/h5-8,14,18H,9-13H2,1-4H3. The lowest BCUT2D eigenvalue weighted by molar-refractivity contribution is 0.226. The molecule has 0 radical (unpaired) electrons. The van der Waals surface area contributed by atoms with Crippen LogP contribution in [-0.2, 0) is 0 Å². The molecule has 0 aliphatic heterocycles. The molecule has 1 N–H and O–H groups in total. The van der Waals surface area contributed by atoms with Gasteiger partial charge < -0.3 is 15.1 Å². The summed E-state index contributed by atoms with van der Waals surface area (Å²) in [6.45, 7) is 9.32. The zero-order chi connectivity index (χ0) is 15.0. The van der Waals surface area contributed by atoms with Crippen LogP contribution in [0.5, 0.6) is 0 Å². The Bertz CT molecular complexity index is 380. The maximum absolute atomic E-state index is 13.5. The Balaban J connectivity index is 2.39. The van der Waals surface area contributed by atoms with Crippen LogP contribution >= 0.6 is 0 Å². The summed E-state index contributed by atoms with van der Waals surface area (Å²) in [6.07, 6.45) is 0. The van der Waals surface area contributed by atoms with Crippen LogP contribution in [0.4, 0.5) is 10.1 Å². The van der Waals surface area contributed by atoms with Crippen molar-refractivity contribution in [2.24, 2.45) is 5.92 Å². The number of benzene rings is 1. The number of hydrogen-bond donors (Lipinski definition) is 1. The van der Waals surface area contributed by atoms with E-state index in [9.17, 15) is 4.39 Å². The normalized spacial score (nSPS) is 11.6. The summed E-state index contributed by atoms with van der Waals surface area (Å²) in [5.41, 5.74) is 0.588. The van der Waals surface area contributed by atoms with Gasteiger partial charge in [-0.3, -0.25) is 0 Å². The molecule has 3 nitrogen and oxygen atoms in total. The molecule has 0 aliphatic rings. The molecule has 0 aromatic heterocycles. The summed E-state index contributed by atoms with van der Waals surface area (Å²) in [5, 5.41) is 3.17. The molecule has 20 heavy (non-hydrogen) atoms. The maximum Gasteiger partial charge on any atom is 0.146 e. The van der Waals surface area contributed by atoms with Gasteiger partial charge in [-0.05, 0) is 32.1 Å². The van der Waals surface area contributed by atoms with Gasteiger partial charge in [0.2, 0.25) is 0 Å². The molecule has 1 aromatic carbocycles. The Morgan fingerprint density at radius 2 is 1.80 bits per heavy atom. The first-order valence-electron chi connectivity index (χ1n) is 7.34. The van der Waals surface area contributed by atoms with Gasteiger partial charge in [0.25, 0.3) is 0 Å². The van der Waals surface area contributed by atoms with E-state index >= 15 is 0 Å². The van der Waals surface area contributed by atoms with Crippen LogP contribution in [-0.4, -0.2) is 56.6 Å². The highest BCUT2D eigenvalue weighted by Gasteiger charge is 2.08. The Hall–Kier alpha value is -1.13. The molecule has 1 rings (SSSR count). The number of likely N-dealkylation sites (N-methyl/N-ethyl adjacent to an activating group) is 1. The van der Waals surface area contributed by atoms with E-state index in [4.69, 9.17) is 0 Å². The van der Waals surface area contributed by atoms with Gasteiger partial charge in [-0.1, -0.05) is 26.0 Å². The third kappa shape index (κ3) is 6.87. The second-order valence-corrected chi connectivity index (χ2v) is 5.90. The molecule has 0 unspecified atom stereocenters. The van der Waals surface area contributed by atoms with Gasteiger partial charge >= 0.3 is 0 Å². The first-order chi connectivity index (χ1) is 9.49. The van der Waals surface area contributed by atoms with Crippen molar-refractivity contribution in [3.05, 3.63) is 30.1 Å². The van der Waals surface area contributed by atoms with E-state index in [1.807, 2.05) is 6.07 Å². The Labute approximate surface area is 122 Å². The largest absolute Gasteiger partial charge is 0.381 e. The number of para-hydroxylation sites is 1. The van der Waals surface area contributed by atoms with Crippen molar-refractivity contribution in [3.63, 3.8) is 0 Å². The number of rotatable bonds is 9. The van der Waals surface area contributed by atoms with Crippen LogP contribution in [0.1, 0.15) is 13.8 Å². The highest BCUT2D eigenvalue weighted by Crippen LogP contribution is 2.11. The Kier molecular flexibility index (Phi) is 7.55. The summed E-state index contributed by atoms with van der Waals surface area (Å²) in [7, 11) is 4.18. The molecule has 0 aliphatic carbocycles. The summed E-state index contributed by atoms with van der Waals surface area (Å²) in [5.74, 6) is 0.460. The van der Waals surface area contributed by atoms with Crippen LogP contribution in [0, 0.1) is 11.7 Å². The van der Waals surface area contributed by atoms with Gasteiger partial charge in [0, 0.05) is 32.7 Å². The molecule has 0 fully saturated rings. The molecular formula is C16H28FN3. The predicted octanol–water partition coefficient (Wildman–Crippen LogP) is 2.76. The van der Waals surface area contributed by atoms with E-state index < -0.39 is 0 Å². The fourth-order valence-electron chi connectivity index (χ4n) is 2.11. The molecule has 0 atom stereocenters. The van der Waals surface area contributed by atoms with Crippen molar-refractivity contribution >= 4 is 5.69 Å². The molecule has 0 saturated heterocycles. The fraction of sp³-hybridized carbons (Fsp3) is 0.625. The third-order valence-electron chi connectivity index (χ3n) is 3.10. The van der Waals surface area contributed by atoms with E-state index in [0.717, 1.165) is 32.7 Å². The number of halogens is 1. The summed E-state index contributed by atoms with van der Waals surface area (Å²) in [4.78, 5) is 4.62. The monoisotopic (exact) mass is 281 g/mol. The minimum atomic E-state index is -0.184. The number of anilines is 1. The van der Waals surface area contributed by atoms with E-state index in [1.165, 1.54) is 6.07 Å². The van der Waals surface area contributed by atoms with Gasteiger partial charge in [-0.25, -0.2) is 4.39 Å². The molecule has 0 spiro atoms. The van der Waals surface area contributed by atoms with Crippen LogP contribution < -0.4 is 5.32 Å². The zero-order valence-electron chi connectivity index (χ0n) is 13.2. The molecule has 0 bridgehead atoms. The SMILES string of the molecule is CC(C)CN(CCNc1ccccc1F)CCN(C)C. The zero-order valence-corrected chi connectivity index (χ0v) is 13.2. The molecule has 114 valence electrons. The van der Waals surface area contributed by atoms with E-state index in [2.05, 4.69) is 43.1 Å². The molecule has 1 aromatic rings. The number of nitrogens with one attached hydrogen (secondary N) is 1. The summed E-state index contributed by atoms with van der Waals surface area (Å²) < 4.78 is 13.5. The summed E-state index contributed by atoms with van der Waals surface area (Å²) >= 11 is 0. The van der Waals surface area contributed by atoms with Crippen molar-refractivity contribution in [2.45, 2.75) is 13.8 Å². The lowest BCUT2D eigenvalue weighted by atomic mass is 10.2. The molecule has 0 amide bonds. The maximum atomic E-state index is 13.5. The topological polar surface area (TPSA) is 18.5 Å². The van der Waals surface area contributed by atoms with Crippen LogP contribution in [0.25, 0.3) is 0 Å². The van der Waals surface area contributed by atoms with Gasteiger partial charge in [0.1, 0.15) is 5.82 Å². The van der Waals surface area contributed by atoms with Gasteiger partial charge in [-0.2, -0.15) is 0 Å². The van der Waals surface area contributed by atoms with Crippen LogP contribution in [0.15, 0.2) is 24.3 Å². The van der Waals surface area contributed by atoms with Gasteiger partial charge in [0.15, 0.2) is 0 Å². The van der Waals surface area contributed by atoms with Crippen LogP contribution in [0.2, 0.25) is 0 Å². The van der Waals surface area contributed by atoms with Gasteiger partial charge in [0.05, 0.1) is 5.69 Å². The highest BCUT2D eigenvalue weighted by atomic mass is 19.1. The average molecular weight is 281 g/mol. The lowest BCUT2D eigenvalue weighted by Gasteiger charge is -2.26. The van der Waals surface area contributed by atoms with Crippen LogP contribution in [0.3, 0.4) is 0 Å². The number of nitrogens with zero attached hydrogens (tertiary/aromatic N) is 2. The van der Waals surface area contributed by atoms with Crippen molar-refractivity contribution in [3.8, 4) is 0 Å². The molecule has 0 saturated carbocycles. The predicted molar refractivity (Wildman–Crippen MR) is 84.7 cm³/mol. The summed E-state index contributed by atoms with van der Waals surface area (Å²) in [6, 6.07) is 6.83. The van der Waals surface area contributed by atoms with Crippen molar-refractivity contribution < 1.29 is 4.39 Å². The Morgan fingerprint density at radius 3 is 2.40 bits per heavy atom. The minimum absolute atomic E-state index is 0.184. The van der Waals surface area contributed by atoms with Gasteiger partial charge in [-0.15, -0.1) is 0 Å². The molecular weight excluding hydrogens is 253 g/mol. The van der Waals surface area contributed by atoms with Crippen molar-refractivity contribution in [2.75, 3.05) is 52.1 Å². The minimum Gasteiger partial charge on any atom is -0.381 e. The first-order valence-corrected chi connectivity index (χ1v) is 7.34. The average Bonchev–Trinajstić information content (AvgIpc) is 2.37. The van der Waals surface area contributed by atoms with Crippen molar-refractivity contribution in [1.82, 2.24) is 9.80 Å².